The van der Waals surface area contributed by atoms with Crippen molar-refractivity contribution >= 4 is 17.2 Å². The number of rotatable bonds is 6. The summed E-state index contributed by atoms with van der Waals surface area (Å²) in [5.41, 5.74) is 8.05. The lowest BCUT2D eigenvalue weighted by atomic mass is 10.0. The molecule has 5 heteroatoms. The first-order valence-corrected chi connectivity index (χ1v) is 7.41. The lowest BCUT2D eigenvalue weighted by Crippen LogP contribution is -2.31. The predicted molar refractivity (Wildman–Crippen MR) is 84.0 cm³/mol. The summed E-state index contributed by atoms with van der Waals surface area (Å²) in [6.45, 7) is 6.13. The molecule has 0 aliphatic heterocycles. The Labute approximate surface area is 125 Å². The normalized spacial score (nSPS) is 13.6. The third-order valence-electron chi connectivity index (χ3n) is 3.60. The minimum Gasteiger partial charge on any atom is -0.327 e. The maximum Gasteiger partial charge on any atom is 0.137 e. The Balaban J connectivity index is 1.94. The summed E-state index contributed by atoms with van der Waals surface area (Å²) < 4.78 is 1.96. The van der Waals surface area contributed by atoms with Crippen LogP contribution in [0.25, 0.3) is 5.65 Å². The van der Waals surface area contributed by atoms with Gasteiger partial charge in [0.15, 0.2) is 0 Å². The van der Waals surface area contributed by atoms with Gasteiger partial charge in [-0.05, 0) is 38.1 Å². The topological polar surface area (TPSA) is 46.6 Å². The summed E-state index contributed by atoms with van der Waals surface area (Å²) >= 11 is 5.97. The number of hydrogen-bond acceptors (Lipinski definition) is 3. The van der Waals surface area contributed by atoms with Gasteiger partial charge in [0.05, 0.1) is 10.7 Å². The van der Waals surface area contributed by atoms with Crippen LogP contribution in [0.5, 0.6) is 0 Å². The first kappa shape index (κ1) is 15.3. The largest absolute Gasteiger partial charge is 0.327 e. The van der Waals surface area contributed by atoms with Crippen LogP contribution in [0.4, 0.5) is 0 Å². The van der Waals surface area contributed by atoms with E-state index in [1.807, 2.05) is 28.9 Å². The Morgan fingerprint density at radius 2 is 2.10 bits per heavy atom. The van der Waals surface area contributed by atoms with Crippen molar-refractivity contribution in [3.63, 3.8) is 0 Å². The van der Waals surface area contributed by atoms with Crippen LogP contribution in [0.2, 0.25) is 5.02 Å². The Morgan fingerprint density at radius 1 is 1.35 bits per heavy atom. The molecule has 1 atom stereocenters. The zero-order valence-corrected chi connectivity index (χ0v) is 13.1. The van der Waals surface area contributed by atoms with Crippen molar-refractivity contribution in [1.29, 1.82) is 0 Å². The van der Waals surface area contributed by atoms with Gasteiger partial charge in [0, 0.05) is 25.0 Å². The molecule has 0 amide bonds. The number of nitrogens with zero attached hydrogens (tertiary/aromatic N) is 3. The monoisotopic (exact) mass is 294 g/mol. The Kier molecular flexibility index (Phi) is 5.02. The molecule has 2 heterocycles. The molecule has 1 unspecified atom stereocenters. The van der Waals surface area contributed by atoms with Gasteiger partial charge in [-0.2, -0.15) is 0 Å². The fourth-order valence-electron chi connectivity index (χ4n) is 2.15. The number of halogens is 1. The van der Waals surface area contributed by atoms with Gasteiger partial charge in [0.25, 0.3) is 0 Å². The average molecular weight is 295 g/mol. The van der Waals surface area contributed by atoms with Crippen molar-refractivity contribution in [3.05, 3.63) is 35.2 Å². The molecule has 0 radical (unpaired) electrons. The highest BCUT2D eigenvalue weighted by molar-refractivity contribution is 6.30. The quantitative estimate of drug-likeness (QED) is 0.891. The minimum atomic E-state index is 0.261. The van der Waals surface area contributed by atoms with E-state index in [0.29, 0.717) is 5.92 Å². The molecule has 0 aromatic carbocycles. The molecule has 0 aliphatic rings. The van der Waals surface area contributed by atoms with Gasteiger partial charge in [-0.1, -0.05) is 25.4 Å². The third kappa shape index (κ3) is 3.95. The lowest BCUT2D eigenvalue weighted by Gasteiger charge is -2.20. The summed E-state index contributed by atoms with van der Waals surface area (Å²) in [6.07, 6.45) is 4.91. The summed E-state index contributed by atoms with van der Waals surface area (Å²) in [5, 5.41) is 0.720. The molecule has 0 fully saturated rings. The van der Waals surface area contributed by atoms with Gasteiger partial charge in [0.1, 0.15) is 5.65 Å². The van der Waals surface area contributed by atoms with Crippen molar-refractivity contribution in [2.24, 2.45) is 11.7 Å². The second-order valence-corrected chi connectivity index (χ2v) is 6.22. The second-order valence-electron chi connectivity index (χ2n) is 5.78. The van der Waals surface area contributed by atoms with Crippen LogP contribution in [0.1, 0.15) is 26.0 Å². The number of aromatic nitrogens is 2. The molecular weight excluding hydrogens is 272 g/mol. The van der Waals surface area contributed by atoms with E-state index in [4.69, 9.17) is 17.3 Å². The maximum atomic E-state index is 6.08. The van der Waals surface area contributed by atoms with Gasteiger partial charge < -0.3 is 15.0 Å². The summed E-state index contributed by atoms with van der Waals surface area (Å²) in [4.78, 5) is 6.84. The van der Waals surface area contributed by atoms with Gasteiger partial charge in [-0.15, -0.1) is 0 Å². The molecule has 0 spiro atoms. The number of fused-ring (bicyclic) bond motifs is 1. The van der Waals surface area contributed by atoms with Crippen molar-refractivity contribution in [1.82, 2.24) is 14.3 Å². The molecule has 20 heavy (non-hydrogen) atoms. The van der Waals surface area contributed by atoms with Crippen LogP contribution in [-0.2, 0) is 6.54 Å². The van der Waals surface area contributed by atoms with Crippen molar-refractivity contribution < 1.29 is 0 Å². The van der Waals surface area contributed by atoms with E-state index in [-0.39, 0.29) is 6.04 Å². The third-order valence-corrected chi connectivity index (χ3v) is 3.82. The minimum absolute atomic E-state index is 0.261. The van der Waals surface area contributed by atoms with Crippen molar-refractivity contribution in [2.75, 3.05) is 13.6 Å². The highest BCUT2D eigenvalue weighted by Crippen LogP contribution is 2.13. The molecule has 0 saturated carbocycles. The molecule has 110 valence electrons. The number of imidazole rings is 1. The molecule has 2 aromatic rings. The first-order chi connectivity index (χ1) is 9.45. The number of pyridine rings is 1. The molecular formula is C15H23ClN4. The fourth-order valence-corrected chi connectivity index (χ4v) is 2.32. The molecule has 2 rings (SSSR count). The summed E-state index contributed by atoms with van der Waals surface area (Å²) in [7, 11) is 2.10. The summed E-state index contributed by atoms with van der Waals surface area (Å²) in [6, 6.07) is 4.05. The zero-order valence-electron chi connectivity index (χ0n) is 12.4. The van der Waals surface area contributed by atoms with E-state index in [0.717, 1.165) is 35.9 Å². The smallest absolute Gasteiger partial charge is 0.137 e. The van der Waals surface area contributed by atoms with Gasteiger partial charge in [-0.3, -0.25) is 0 Å². The van der Waals surface area contributed by atoms with E-state index in [1.54, 1.807) is 0 Å². The Bertz CT molecular complexity index is 564. The van der Waals surface area contributed by atoms with Crippen LogP contribution >= 0.6 is 11.6 Å². The number of hydrogen-bond donors (Lipinski definition) is 1. The van der Waals surface area contributed by atoms with Crippen LogP contribution in [0.15, 0.2) is 24.5 Å². The van der Waals surface area contributed by atoms with Crippen LogP contribution < -0.4 is 5.73 Å². The van der Waals surface area contributed by atoms with Crippen molar-refractivity contribution in [2.45, 2.75) is 32.9 Å². The average Bonchev–Trinajstić information content (AvgIpc) is 2.76. The highest BCUT2D eigenvalue weighted by atomic mass is 35.5. The van der Waals surface area contributed by atoms with Gasteiger partial charge >= 0.3 is 0 Å². The molecule has 2 N–H and O–H groups in total. The van der Waals surface area contributed by atoms with E-state index in [2.05, 4.69) is 30.8 Å². The predicted octanol–water partition coefficient (Wildman–Crippen LogP) is 2.79. The molecule has 0 saturated heterocycles. The van der Waals surface area contributed by atoms with Crippen LogP contribution in [0.3, 0.4) is 0 Å². The first-order valence-electron chi connectivity index (χ1n) is 7.03. The second kappa shape index (κ2) is 6.57. The fraction of sp³-hybridized carbons (Fsp3) is 0.533. The maximum absolute atomic E-state index is 6.08. The lowest BCUT2D eigenvalue weighted by molar-refractivity contribution is 0.294. The van der Waals surface area contributed by atoms with E-state index in [1.165, 1.54) is 0 Å². The Hall–Kier alpha value is -1.10. The summed E-state index contributed by atoms with van der Waals surface area (Å²) in [5.74, 6) is 0.528. The highest BCUT2D eigenvalue weighted by Gasteiger charge is 2.10. The van der Waals surface area contributed by atoms with E-state index in [9.17, 15) is 0 Å². The van der Waals surface area contributed by atoms with E-state index >= 15 is 0 Å². The van der Waals surface area contributed by atoms with E-state index < -0.39 is 0 Å². The molecule has 2 aromatic heterocycles. The molecule has 0 bridgehead atoms. The zero-order chi connectivity index (χ0) is 14.7. The number of nitrogens with two attached hydrogens (primary N) is 1. The van der Waals surface area contributed by atoms with Crippen LogP contribution in [0, 0.1) is 5.92 Å². The SMILES string of the molecule is CC(C)C(N)CCN(C)Cc1cn2cc(Cl)ccc2n1. The Morgan fingerprint density at radius 3 is 2.80 bits per heavy atom. The van der Waals surface area contributed by atoms with Crippen molar-refractivity contribution in [3.8, 4) is 0 Å². The molecule has 0 aliphatic carbocycles. The standard InChI is InChI=1S/C15H23ClN4/c1-11(2)14(17)6-7-19(3)9-13-10-20-8-12(16)4-5-15(20)18-13/h4-5,8,10-11,14H,6-7,9,17H2,1-3H3. The van der Waals surface area contributed by atoms with Crippen LogP contribution in [-0.4, -0.2) is 33.9 Å². The van der Waals surface area contributed by atoms with Gasteiger partial charge in [0.2, 0.25) is 0 Å². The van der Waals surface area contributed by atoms with Gasteiger partial charge in [-0.25, -0.2) is 4.98 Å². The molecule has 4 nitrogen and oxygen atoms in total.